The highest BCUT2D eigenvalue weighted by Gasteiger charge is 2.27. The molecule has 24 heavy (non-hydrogen) atoms. The number of anilines is 1. The topological polar surface area (TPSA) is 111 Å². The first-order chi connectivity index (χ1) is 11.4. The molecule has 8 nitrogen and oxygen atoms in total. The van der Waals surface area contributed by atoms with Gasteiger partial charge < -0.3 is 20.1 Å². The fourth-order valence-electron chi connectivity index (χ4n) is 1.84. The van der Waals surface area contributed by atoms with Gasteiger partial charge in [-0.15, -0.1) is 11.3 Å². The molecule has 0 saturated heterocycles. The van der Waals surface area contributed by atoms with Crippen molar-refractivity contribution in [2.45, 2.75) is 27.2 Å². The van der Waals surface area contributed by atoms with E-state index in [-0.39, 0.29) is 28.0 Å². The van der Waals surface area contributed by atoms with E-state index >= 15 is 0 Å². The number of amides is 2. The van der Waals surface area contributed by atoms with Gasteiger partial charge in [-0.3, -0.25) is 9.59 Å². The number of carbonyl (C=O) groups is 4. The van der Waals surface area contributed by atoms with Crippen LogP contribution in [0.15, 0.2) is 0 Å². The summed E-state index contributed by atoms with van der Waals surface area (Å²) in [6, 6.07) is 0. The van der Waals surface area contributed by atoms with Gasteiger partial charge in [0.05, 0.1) is 24.2 Å². The average molecular weight is 356 g/mol. The summed E-state index contributed by atoms with van der Waals surface area (Å²) in [7, 11) is 1.19. The summed E-state index contributed by atoms with van der Waals surface area (Å²) in [5.74, 6) is -3.17. The lowest BCUT2D eigenvalue weighted by Gasteiger charge is -2.05. The molecule has 0 saturated carbocycles. The second kappa shape index (κ2) is 9.02. The third kappa shape index (κ3) is 4.54. The first-order valence-electron chi connectivity index (χ1n) is 7.35. The number of rotatable bonds is 6. The van der Waals surface area contributed by atoms with E-state index in [4.69, 9.17) is 4.74 Å². The second-order valence-electron chi connectivity index (χ2n) is 4.68. The van der Waals surface area contributed by atoms with E-state index in [1.165, 1.54) is 7.11 Å². The first kappa shape index (κ1) is 19.6. The normalized spacial score (nSPS) is 10.0. The molecule has 1 heterocycles. The quantitative estimate of drug-likeness (QED) is 0.590. The molecule has 1 rings (SSSR count). The minimum absolute atomic E-state index is 0.0433. The van der Waals surface area contributed by atoms with E-state index in [0.29, 0.717) is 12.1 Å². The molecule has 0 fully saturated rings. The highest BCUT2D eigenvalue weighted by molar-refractivity contribution is 7.18. The van der Waals surface area contributed by atoms with Crippen LogP contribution in [-0.2, 0) is 19.1 Å². The van der Waals surface area contributed by atoms with Gasteiger partial charge in [0.25, 0.3) is 5.91 Å². The van der Waals surface area contributed by atoms with Gasteiger partial charge in [0.1, 0.15) is 5.00 Å². The van der Waals surface area contributed by atoms with E-state index < -0.39 is 17.8 Å². The SMILES string of the molecule is CCCNC(=O)c1sc(NC(=O)C(=O)OCC)c(C(=O)OC)c1C. The predicted octanol–water partition coefficient (Wildman–Crippen LogP) is 1.48. The zero-order chi connectivity index (χ0) is 18.3. The van der Waals surface area contributed by atoms with Crippen LogP contribution < -0.4 is 10.6 Å². The smallest absolute Gasteiger partial charge is 0.397 e. The molecule has 132 valence electrons. The molecule has 0 unspecified atom stereocenters. The van der Waals surface area contributed by atoms with E-state index in [9.17, 15) is 19.2 Å². The Kier molecular flexibility index (Phi) is 7.37. The van der Waals surface area contributed by atoms with Crippen LogP contribution in [0.5, 0.6) is 0 Å². The summed E-state index contributed by atoms with van der Waals surface area (Å²) >= 11 is 0.900. The fourth-order valence-corrected chi connectivity index (χ4v) is 2.94. The molecule has 0 aliphatic rings. The zero-order valence-corrected chi connectivity index (χ0v) is 14.8. The standard InChI is InChI=1S/C15H20N2O6S/c1-5-7-16-11(18)10-8(3)9(14(20)22-4)13(24-10)17-12(19)15(21)23-6-2/h5-7H2,1-4H3,(H,16,18)(H,17,19). The number of methoxy groups -OCH3 is 1. The van der Waals surface area contributed by atoms with Crippen molar-refractivity contribution in [2.75, 3.05) is 25.6 Å². The van der Waals surface area contributed by atoms with Gasteiger partial charge in [-0.25, -0.2) is 9.59 Å². The van der Waals surface area contributed by atoms with Crippen molar-refractivity contribution in [3.63, 3.8) is 0 Å². The molecule has 1 aromatic heterocycles. The second-order valence-corrected chi connectivity index (χ2v) is 5.70. The summed E-state index contributed by atoms with van der Waals surface area (Å²) in [5, 5.41) is 5.07. The third-order valence-corrected chi connectivity index (χ3v) is 4.17. The maximum Gasteiger partial charge on any atom is 0.397 e. The Morgan fingerprint density at radius 3 is 2.38 bits per heavy atom. The van der Waals surface area contributed by atoms with Gasteiger partial charge in [0.15, 0.2) is 0 Å². The molecule has 9 heteroatoms. The summed E-state index contributed by atoms with van der Waals surface area (Å²) in [4.78, 5) is 47.6. The summed E-state index contributed by atoms with van der Waals surface area (Å²) in [5.41, 5.74) is 0.418. The fraction of sp³-hybridized carbons (Fsp3) is 0.467. The Labute approximate surface area is 143 Å². The molecule has 0 aliphatic heterocycles. The van der Waals surface area contributed by atoms with Crippen molar-refractivity contribution >= 4 is 40.1 Å². The maximum absolute atomic E-state index is 12.2. The molecule has 2 amide bonds. The molecule has 0 spiro atoms. The maximum atomic E-state index is 12.2. The van der Waals surface area contributed by atoms with Crippen molar-refractivity contribution in [1.29, 1.82) is 0 Å². The summed E-state index contributed by atoms with van der Waals surface area (Å²) in [6.07, 6.45) is 0.756. The van der Waals surface area contributed by atoms with Gasteiger partial charge in [-0.1, -0.05) is 6.92 Å². The van der Waals surface area contributed by atoms with Gasteiger partial charge >= 0.3 is 17.8 Å². The van der Waals surface area contributed by atoms with Gasteiger partial charge in [-0.2, -0.15) is 0 Å². The van der Waals surface area contributed by atoms with Crippen LogP contribution in [0.4, 0.5) is 5.00 Å². The van der Waals surface area contributed by atoms with Gasteiger partial charge in [-0.05, 0) is 25.8 Å². The minimum Gasteiger partial charge on any atom is -0.465 e. The Morgan fingerprint density at radius 1 is 1.17 bits per heavy atom. The molecule has 1 aromatic rings. The number of carbonyl (C=O) groups excluding carboxylic acids is 4. The monoisotopic (exact) mass is 356 g/mol. The summed E-state index contributed by atoms with van der Waals surface area (Å²) < 4.78 is 9.29. The highest BCUT2D eigenvalue weighted by atomic mass is 32.1. The number of thiophene rings is 1. The molecule has 0 bridgehead atoms. The van der Waals surface area contributed by atoms with E-state index in [0.717, 1.165) is 17.8 Å². The molecular formula is C15H20N2O6S. The number of hydrogen-bond acceptors (Lipinski definition) is 7. The van der Waals surface area contributed by atoms with Crippen molar-refractivity contribution in [2.24, 2.45) is 0 Å². The number of ether oxygens (including phenoxy) is 2. The molecule has 0 radical (unpaired) electrons. The van der Waals surface area contributed by atoms with E-state index in [2.05, 4.69) is 15.4 Å². The molecule has 0 aromatic carbocycles. The average Bonchev–Trinajstić information content (AvgIpc) is 2.88. The molecule has 0 atom stereocenters. The van der Waals surface area contributed by atoms with Crippen LogP contribution in [0.25, 0.3) is 0 Å². The largest absolute Gasteiger partial charge is 0.465 e. The first-order valence-corrected chi connectivity index (χ1v) is 8.16. The lowest BCUT2D eigenvalue weighted by molar-refractivity contribution is -0.152. The molecule has 2 N–H and O–H groups in total. The molecule has 0 aliphatic carbocycles. The van der Waals surface area contributed by atoms with Crippen molar-refractivity contribution in [3.8, 4) is 0 Å². The lowest BCUT2D eigenvalue weighted by Crippen LogP contribution is -2.25. The highest BCUT2D eigenvalue weighted by Crippen LogP contribution is 2.33. The van der Waals surface area contributed by atoms with E-state index in [1.54, 1.807) is 13.8 Å². The molecular weight excluding hydrogens is 336 g/mol. The van der Waals surface area contributed by atoms with E-state index in [1.807, 2.05) is 6.92 Å². The Balaban J connectivity index is 3.18. The number of esters is 2. The van der Waals surface area contributed by atoms with Crippen LogP contribution in [0.1, 0.15) is 45.9 Å². The van der Waals surface area contributed by atoms with Crippen molar-refractivity contribution < 1.29 is 28.7 Å². The van der Waals surface area contributed by atoms with Crippen molar-refractivity contribution in [1.82, 2.24) is 5.32 Å². The van der Waals surface area contributed by atoms with Crippen LogP contribution in [-0.4, -0.2) is 44.0 Å². The van der Waals surface area contributed by atoms with Crippen LogP contribution in [0, 0.1) is 6.92 Å². The van der Waals surface area contributed by atoms with Gasteiger partial charge in [0, 0.05) is 6.54 Å². The Bertz CT molecular complexity index is 653. The summed E-state index contributed by atoms with van der Waals surface area (Å²) in [6.45, 7) is 5.57. The van der Waals surface area contributed by atoms with Crippen LogP contribution in [0.3, 0.4) is 0 Å². The lowest BCUT2D eigenvalue weighted by atomic mass is 10.1. The third-order valence-electron chi connectivity index (χ3n) is 2.97. The minimum atomic E-state index is -1.07. The van der Waals surface area contributed by atoms with Crippen LogP contribution in [0.2, 0.25) is 0 Å². The van der Waals surface area contributed by atoms with Crippen LogP contribution >= 0.6 is 11.3 Å². The Morgan fingerprint density at radius 2 is 1.83 bits per heavy atom. The van der Waals surface area contributed by atoms with Crippen molar-refractivity contribution in [3.05, 3.63) is 16.0 Å². The predicted molar refractivity (Wildman–Crippen MR) is 88.3 cm³/mol. The number of hydrogen-bond donors (Lipinski definition) is 2. The van der Waals surface area contributed by atoms with Gasteiger partial charge in [0.2, 0.25) is 0 Å². The zero-order valence-electron chi connectivity index (χ0n) is 14.0. The number of nitrogens with one attached hydrogen (secondary N) is 2. The Hall–Kier alpha value is -2.42.